The van der Waals surface area contributed by atoms with E-state index in [9.17, 15) is 14.7 Å². The van der Waals surface area contributed by atoms with E-state index in [1.165, 1.54) is 16.7 Å². The van der Waals surface area contributed by atoms with Gasteiger partial charge in [0.2, 0.25) is 0 Å². The molecule has 0 aliphatic carbocycles. The monoisotopic (exact) mass is 398 g/mol. The van der Waals surface area contributed by atoms with Crippen molar-refractivity contribution < 1.29 is 14.6 Å². The highest BCUT2D eigenvalue weighted by atomic mass is 16.5. The Balaban J connectivity index is 1.90. The van der Waals surface area contributed by atoms with E-state index in [1.54, 1.807) is 43.5 Å². The Kier molecular flexibility index (Phi) is 5.13. The third kappa shape index (κ3) is 3.71. The molecule has 6 nitrogen and oxygen atoms in total. The molecule has 0 spiro atoms. The molecule has 0 atom stereocenters. The number of hydrogen-bond donors (Lipinski definition) is 1. The summed E-state index contributed by atoms with van der Waals surface area (Å²) in [6.07, 6.45) is 3.58. The molecule has 4 rings (SSSR count). The molecule has 0 aliphatic rings. The second-order valence-corrected chi connectivity index (χ2v) is 6.59. The summed E-state index contributed by atoms with van der Waals surface area (Å²) < 4.78 is 6.60. The van der Waals surface area contributed by atoms with Crippen LogP contribution in [0.3, 0.4) is 0 Å². The van der Waals surface area contributed by atoms with Gasteiger partial charge in [0.15, 0.2) is 0 Å². The fourth-order valence-electron chi connectivity index (χ4n) is 3.18. The summed E-state index contributed by atoms with van der Waals surface area (Å²) in [6, 6.07) is 20.8. The topological polar surface area (TPSA) is 81.4 Å². The molecular formula is C24H18N2O4. The van der Waals surface area contributed by atoms with Crippen molar-refractivity contribution in [3.05, 3.63) is 100 Å². The van der Waals surface area contributed by atoms with Gasteiger partial charge >= 0.3 is 5.97 Å². The second kappa shape index (κ2) is 8.05. The van der Waals surface area contributed by atoms with Gasteiger partial charge in [-0.3, -0.25) is 9.36 Å². The van der Waals surface area contributed by atoms with E-state index in [-0.39, 0.29) is 11.1 Å². The molecule has 1 N–H and O–H groups in total. The van der Waals surface area contributed by atoms with Gasteiger partial charge in [-0.15, -0.1) is 0 Å². The summed E-state index contributed by atoms with van der Waals surface area (Å²) in [6.45, 7) is 0. The lowest BCUT2D eigenvalue weighted by atomic mass is 10.1. The lowest BCUT2D eigenvalue weighted by molar-refractivity contribution is 0.0697. The molecule has 0 saturated heterocycles. The van der Waals surface area contributed by atoms with E-state index >= 15 is 0 Å². The Bertz CT molecular complexity index is 1320. The van der Waals surface area contributed by atoms with Gasteiger partial charge < -0.3 is 9.84 Å². The maximum absolute atomic E-state index is 13.3. The van der Waals surface area contributed by atoms with Crippen LogP contribution in [0.15, 0.2) is 77.6 Å². The van der Waals surface area contributed by atoms with Gasteiger partial charge in [0.05, 0.1) is 29.3 Å². The van der Waals surface area contributed by atoms with E-state index in [4.69, 9.17) is 4.74 Å². The van der Waals surface area contributed by atoms with Gasteiger partial charge in [-0.1, -0.05) is 36.4 Å². The van der Waals surface area contributed by atoms with E-state index in [0.29, 0.717) is 22.4 Å². The van der Waals surface area contributed by atoms with E-state index < -0.39 is 5.97 Å². The Morgan fingerprint density at radius 1 is 1.00 bits per heavy atom. The number of aromatic nitrogens is 2. The third-order valence-electron chi connectivity index (χ3n) is 4.69. The largest absolute Gasteiger partial charge is 0.497 e. The van der Waals surface area contributed by atoms with Gasteiger partial charge in [0.25, 0.3) is 5.56 Å². The average molecular weight is 398 g/mol. The number of para-hydroxylation sites is 1. The lowest BCUT2D eigenvalue weighted by Gasteiger charge is -2.12. The van der Waals surface area contributed by atoms with E-state index in [1.807, 2.05) is 36.4 Å². The maximum Gasteiger partial charge on any atom is 0.335 e. The number of rotatable bonds is 5. The predicted octanol–water partition coefficient (Wildman–Crippen LogP) is 4.26. The van der Waals surface area contributed by atoms with Crippen molar-refractivity contribution in [1.82, 2.24) is 9.55 Å². The molecule has 0 fully saturated rings. The van der Waals surface area contributed by atoms with Crippen molar-refractivity contribution in [1.29, 1.82) is 0 Å². The summed E-state index contributed by atoms with van der Waals surface area (Å²) >= 11 is 0. The van der Waals surface area contributed by atoms with Gasteiger partial charge in [0.1, 0.15) is 11.6 Å². The smallest absolute Gasteiger partial charge is 0.335 e. The minimum Gasteiger partial charge on any atom is -0.497 e. The highest BCUT2D eigenvalue weighted by Gasteiger charge is 2.12. The van der Waals surface area contributed by atoms with Gasteiger partial charge in [-0.25, -0.2) is 9.78 Å². The minimum atomic E-state index is -1.06. The summed E-state index contributed by atoms with van der Waals surface area (Å²) in [5, 5.41) is 9.79. The molecule has 148 valence electrons. The zero-order valence-corrected chi connectivity index (χ0v) is 16.1. The fourth-order valence-corrected chi connectivity index (χ4v) is 3.18. The Hall–Kier alpha value is -4.19. The quantitative estimate of drug-likeness (QED) is 0.543. The first-order valence-corrected chi connectivity index (χ1v) is 9.24. The van der Waals surface area contributed by atoms with Gasteiger partial charge in [0, 0.05) is 0 Å². The van der Waals surface area contributed by atoms with Crippen molar-refractivity contribution in [2.75, 3.05) is 7.11 Å². The average Bonchev–Trinajstić information content (AvgIpc) is 2.78. The summed E-state index contributed by atoms with van der Waals surface area (Å²) in [7, 11) is 1.60. The van der Waals surface area contributed by atoms with Crippen LogP contribution in [0.2, 0.25) is 0 Å². The molecular weight excluding hydrogens is 380 g/mol. The molecule has 0 amide bonds. The number of carboxylic acid groups (broad SMARTS) is 1. The Labute approximate surface area is 172 Å². The van der Waals surface area contributed by atoms with Crippen molar-refractivity contribution in [3.63, 3.8) is 0 Å². The summed E-state index contributed by atoms with van der Waals surface area (Å²) in [4.78, 5) is 29.3. The van der Waals surface area contributed by atoms with Crippen molar-refractivity contribution in [2.45, 2.75) is 0 Å². The molecule has 6 heteroatoms. The Morgan fingerprint density at radius 2 is 1.77 bits per heavy atom. The van der Waals surface area contributed by atoms with Crippen LogP contribution in [0.1, 0.15) is 21.7 Å². The number of carboxylic acids is 1. The van der Waals surface area contributed by atoms with Crippen molar-refractivity contribution in [3.8, 4) is 11.4 Å². The number of nitrogens with zero attached hydrogens (tertiary/aromatic N) is 2. The Morgan fingerprint density at radius 3 is 2.50 bits per heavy atom. The normalized spacial score (nSPS) is 11.1. The summed E-state index contributed by atoms with van der Waals surface area (Å²) in [5.74, 6) is 0.0874. The van der Waals surface area contributed by atoms with Gasteiger partial charge in [-0.2, -0.15) is 0 Å². The van der Waals surface area contributed by atoms with Crippen LogP contribution in [0.4, 0.5) is 0 Å². The number of fused-ring (bicyclic) bond motifs is 1. The SMILES string of the molecule is COc1ccc(/C=C/c2nc3ccccc3c(=O)n2-c2cccc(C(=O)O)c2)cc1. The standard InChI is InChI=1S/C24H18N2O4/c1-30-19-12-9-16(10-13-19)11-14-22-25-21-8-3-2-7-20(21)23(27)26(22)18-6-4-5-17(15-18)24(28)29/h2-15H,1H3,(H,28,29)/b14-11+. The fraction of sp³-hybridized carbons (Fsp3) is 0.0417. The zero-order valence-electron chi connectivity index (χ0n) is 16.1. The molecule has 0 saturated carbocycles. The number of carbonyl (C=O) groups is 1. The van der Waals surface area contributed by atoms with Crippen LogP contribution in [0, 0.1) is 0 Å². The van der Waals surface area contributed by atoms with Crippen LogP contribution < -0.4 is 10.3 Å². The zero-order chi connectivity index (χ0) is 21.1. The molecule has 4 aromatic rings. The van der Waals surface area contributed by atoms with Crippen LogP contribution in [-0.4, -0.2) is 27.7 Å². The highest BCUT2D eigenvalue weighted by molar-refractivity contribution is 5.88. The number of aromatic carboxylic acids is 1. The molecule has 0 aliphatic heterocycles. The molecule has 0 unspecified atom stereocenters. The third-order valence-corrected chi connectivity index (χ3v) is 4.69. The van der Waals surface area contributed by atoms with Crippen molar-refractivity contribution in [2.24, 2.45) is 0 Å². The first-order chi connectivity index (χ1) is 14.6. The van der Waals surface area contributed by atoms with Crippen LogP contribution in [0.25, 0.3) is 28.7 Å². The molecule has 0 radical (unpaired) electrons. The van der Waals surface area contributed by atoms with Crippen LogP contribution in [-0.2, 0) is 0 Å². The molecule has 30 heavy (non-hydrogen) atoms. The molecule has 1 heterocycles. The predicted molar refractivity (Wildman–Crippen MR) is 116 cm³/mol. The molecule has 0 bridgehead atoms. The highest BCUT2D eigenvalue weighted by Crippen LogP contribution is 2.18. The second-order valence-electron chi connectivity index (χ2n) is 6.59. The first kappa shape index (κ1) is 19.1. The van der Waals surface area contributed by atoms with Crippen LogP contribution in [0.5, 0.6) is 5.75 Å². The minimum absolute atomic E-state index is 0.0950. The van der Waals surface area contributed by atoms with Crippen LogP contribution >= 0.6 is 0 Å². The number of ether oxygens (including phenoxy) is 1. The first-order valence-electron chi connectivity index (χ1n) is 9.24. The number of benzene rings is 3. The maximum atomic E-state index is 13.3. The molecule has 3 aromatic carbocycles. The molecule has 1 aromatic heterocycles. The lowest BCUT2D eigenvalue weighted by Crippen LogP contribution is -2.22. The number of hydrogen-bond acceptors (Lipinski definition) is 4. The van der Waals surface area contributed by atoms with E-state index in [0.717, 1.165) is 11.3 Å². The number of methoxy groups -OCH3 is 1. The summed E-state index contributed by atoms with van der Waals surface area (Å²) in [5.41, 5.74) is 1.74. The van der Waals surface area contributed by atoms with Crippen molar-refractivity contribution >= 4 is 29.0 Å². The van der Waals surface area contributed by atoms with Gasteiger partial charge in [-0.05, 0) is 54.1 Å². The van der Waals surface area contributed by atoms with E-state index in [2.05, 4.69) is 4.98 Å².